The van der Waals surface area contributed by atoms with Crippen LogP contribution in [-0.2, 0) is 19.5 Å². The van der Waals surface area contributed by atoms with E-state index in [0.717, 1.165) is 44.2 Å². The summed E-state index contributed by atoms with van der Waals surface area (Å²) in [6.07, 6.45) is 8.64. The molecule has 1 atom stereocenters. The van der Waals surface area contributed by atoms with E-state index in [-0.39, 0.29) is 0 Å². The third kappa shape index (κ3) is 3.57. The number of aromatic nitrogens is 3. The fourth-order valence-corrected chi connectivity index (χ4v) is 4.12. The van der Waals surface area contributed by atoms with Gasteiger partial charge in [0.2, 0.25) is 0 Å². The van der Waals surface area contributed by atoms with Crippen molar-refractivity contribution in [3.63, 3.8) is 0 Å². The minimum Gasteiger partial charge on any atom is -0.373 e. The Labute approximate surface area is 155 Å². The van der Waals surface area contributed by atoms with E-state index < -0.39 is 0 Å². The lowest BCUT2D eigenvalue weighted by molar-refractivity contribution is 0.178. The van der Waals surface area contributed by atoms with Crippen molar-refractivity contribution in [1.82, 2.24) is 24.8 Å². The van der Waals surface area contributed by atoms with Gasteiger partial charge in [-0.1, -0.05) is 12.5 Å². The third-order valence-corrected chi connectivity index (χ3v) is 5.62. The SMILES string of the molecule is CNc1ncccc1CN1CCc2nc(C3CCCCN3C)ncc2C1. The molecule has 4 heterocycles. The number of piperidine rings is 1. The Balaban J connectivity index is 1.47. The molecule has 1 N–H and O–H groups in total. The summed E-state index contributed by atoms with van der Waals surface area (Å²) in [5, 5.41) is 3.19. The molecule has 2 aliphatic heterocycles. The van der Waals surface area contributed by atoms with Crippen molar-refractivity contribution in [2.75, 3.05) is 32.5 Å². The Morgan fingerprint density at radius 2 is 2.15 bits per heavy atom. The number of hydrogen-bond donors (Lipinski definition) is 1. The van der Waals surface area contributed by atoms with Crippen LogP contribution in [0.1, 0.15) is 47.9 Å². The van der Waals surface area contributed by atoms with E-state index in [9.17, 15) is 0 Å². The third-order valence-electron chi connectivity index (χ3n) is 5.62. The molecule has 1 fully saturated rings. The number of pyridine rings is 1. The first kappa shape index (κ1) is 17.4. The highest BCUT2D eigenvalue weighted by Crippen LogP contribution is 2.28. The second-order valence-electron chi connectivity index (χ2n) is 7.41. The molecule has 0 amide bonds. The Kier molecular flexibility index (Phi) is 5.13. The van der Waals surface area contributed by atoms with Gasteiger partial charge in [0.1, 0.15) is 11.6 Å². The molecule has 2 aromatic rings. The number of nitrogens with zero attached hydrogens (tertiary/aromatic N) is 5. The quantitative estimate of drug-likeness (QED) is 0.913. The molecule has 138 valence electrons. The summed E-state index contributed by atoms with van der Waals surface area (Å²) in [6, 6.07) is 4.54. The summed E-state index contributed by atoms with van der Waals surface area (Å²) >= 11 is 0. The van der Waals surface area contributed by atoms with Crippen LogP contribution in [0.4, 0.5) is 5.82 Å². The maximum absolute atomic E-state index is 4.96. The molecule has 6 heteroatoms. The molecular weight excluding hydrogens is 324 g/mol. The van der Waals surface area contributed by atoms with Gasteiger partial charge in [0, 0.05) is 62.3 Å². The van der Waals surface area contributed by atoms with Gasteiger partial charge in [-0.2, -0.15) is 0 Å². The molecule has 0 saturated carbocycles. The minimum atomic E-state index is 0.389. The fourth-order valence-electron chi connectivity index (χ4n) is 4.12. The lowest BCUT2D eigenvalue weighted by Gasteiger charge is -2.33. The molecule has 1 saturated heterocycles. The summed E-state index contributed by atoms with van der Waals surface area (Å²) < 4.78 is 0. The van der Waals surface area contributed by atoms with Gasteiger partial charge in [-0.3, -0.25) is 9.80 Å². The number of hydrogen-bond acceptors (Lipinski definition) is 6. The Morgan fingerprint density at radius 3 is 3.00 bits per heavy atom. The topological polar surface area (TPSA) is 57.2 Å². The Hall–Kier alpha value is -2.05. The van der Waals surface area contributed by atoms with Crippen LogP contribution in [0.3, 0.4) is 0 Å². The first-order valence-electron chi connectivity index (χ1n) is 9.63. The van der Waals surface area contributed by atoms with Gasteiger partial charge in [-0.15, -0.1) is 0 Å². The summed E-state index contributed by atoms with van der Waals surface area (Å²) in [5.41, 5.74) is 3.75. The van der Waals surface area contributed by atoms with Crippen molar-refractivity contribution in [2.45, 2.75) is 44.8 Å². The Bertz CT molecular complexity index is 762. The lowest BCUT2D eigenvalue weighted by atomic mass is 10.0. The molecule has 0 radical (unpaired) electrons. The standard InChI is InChI=1S/C20H28N6/c1-21-19-15(6-5-9-22-19)13-26-11-8-17-16(14-26)12-23-20(24-17)18-7-3-4-10-25(18)2/h5-6,9,12,18H,3-4,7-8,10-11,13-14H2,1-2H3,(H,21,22). The van der Waals surface area contributed by atoms with Crippen LogP contribution in [0.25, 0.3) is 0 Å². The molecule has 6 nitrogen and oxygen atoms in total. The van der Waals surface area contributed by atoms with E-state index in [4.69, 9.17) is 9.97 Å². The van der Waals surface area contributed by atoms with E-state index in [1.165, 1.54) is 36.1 Å². The lowest BCUT2D eigenvalue weighted by Crippen LogP contribution is -2.33. The van der Waals surface area contributed by atoms with Gasteiger partial charge in [-0.25, -0.2) is 15.0 Å². The van der Waals surface area contributed by atoms with Crippen LogP contribution >= 0.6 is 0 Å². The molecule has 1 unspecified atom stereocenters. The molecule has 2 aliphatic rings. The van der Waals surface area contributed by atoms with Crippen LogP contribution in [0.15, 0.2) is 24.5 Å². The smallest absolute Gasteiger partial charge is 0.145 e. The molecule has 26 heavy (non-hydrogen) atoms. The fraction of sp³-hybridized carbons (Fsp3) is 0.550. The van der Waals surface area contributed by atoms with Crippen molar-refractivity contribution >= 4 is 5.82 Å². The summed E-state index contributed by atoms with van der Waals surface area (Å²) in [4.78, 5) is 19.0. The highest BCUT2D eigenvalue weighted by atomic mass is 15.2. The zero-order valence-corrected chi connectivity index (χ0v) is 15.8. The zero-order chi connectivity index (χ0) is 17.9. The van der Waals surface area contributed by atoms with Gasteiger partial charge in [-0.05, 0) is 32.5 Å². The largest absolute Gasteiger partial charge is 0.373 e. The number of anilines is 1. The van der Waals surface area contributed by atoms with Crippen LogP contribution in [-0.4, -0.2) is 51.9 Å². The van der Waals surface area contributed by atoms with Crippen LogP contribution in [0.2, 0.25) is 0 Å². The van der Waals surface area contributed by atoms with Gasteiger partial charge in [0.15, 0.2) is 0 Å². The summed E-state index contributed by atoms with van der Waals surface area (Å²) in [5.74, 6) is 1.98. The highest BCUT2D eigenvalue weighted by molar-refractivity contribution is 5.43. The predicted molar refractivity (Wildman–Crippen MR) is 103 cm³/mol. The number of nitrogens with one attached hydrogen (secondary N) is 1. The van der Waals surface area contributed by atoms with Crippen molar-refractivity contribution in [3.05, 3.63) is 47.2 Å². The van der Waals surface area contributed by atoms with E-state index in [1.54, 1.807) is 0 Å². The Morgan fingerprint density at radius 1 is 1.23 bits per heavy atom. The van der Waals surface area contributed by atoms with Crippen LogP contribution in [0, 0.1) is 0 Å². The first-order valence-corrected chi connectivity index (χ1v) is 9.63. The summed E-state index contributed by atoms with van der Waals surface area (Å²) in [7, 11) is 4.12. The van der Waals surface area contributed by atoms with Crippen LogP contribution < -0.4 is 5.32 Å². The van der Waals surface area contributed by atoms with Crippen molar-refractivity contribution < 1.29 is 0 Å². The molecule has 0 spiro atoms. The van der Waals surface area contributed by atoms with Gasteiger partial charge >= 0.3 is 0 Å². The molecule has 4 rings (SSSR count). The van der Waals surface area contributed by atoms with Crippen LogP contribution in [0.5, 0.6) is 0 Å². The summed E-state index contributed by atoms with van der Waals surface area (Å²) in [6.45, 7) is 3.99. The average molecular weight is 352 g/mol. The first-order chi connectivity index (χ1) is 12.7. The average Bonchev–Trinajstić information content (AvgIpc) is 2.68. The van der Waals surface area contributed by atoms with Gasteiger partial charge in [0.25, 0.3) is 0 Å². The van der Waals surface area contributed by atoms with E-state index in [1.807, 2.05) is 19.3 Å². The second kappa shape index (κ2) is 7.68. The van der Waals surface area contributed by atoms with E-state index in [0.29, 0.717) is 6.04 Å². The highest BCUT2D eigenvalue weighted by Gasteiger charge is 2.25. The molecule has 0 aliphatic carbocycles. The van der Waals surface area contributed by atoms with Crippen molar-refractivity contribution in [1.29, 1.82) is 0 Å². The number of fused-ring (bicyclic) bond motifs is 1. The molecule has 2 aromatic heterocycles. The molecular formula is C20H28N6. The number of likely N-dealkylation sites (tertiary alicyclic amines) is 1. The number of rotatable bonds is 4. The van der Waals surface area contributed by atoms with Gasteiger partial charge in [0.05, 0.1) is 6.04 Å². The normalized spacial score (nSPS) is 21.4. The molecule has 0 aromatic carbocycles. The maximum Gasteiger partial charge on any atom is 0.145 e. The second-order valence-corrected chi connectivity index (χ2v) is 7.41. The predicted octanol–water partition coefficient (Wildman–Crippen LogP) is 2.63. The van der Waals surface area contributed by atoms with E-state index in [2.05, 4.69) is 39.4 Å². The van der Waals surface area contributed by atoms with E-state index >= 15 is 0 Å². The van der Waals surface area contributed by atoms with Crippen molar-refractivity contribution in [3.8, 4) is 0 Å². The van der Waals surface area contributed by atoms with Crippen molar-refractivity contribution in [2.24, 2.45) is 0 Å². The van der Waals surface area contributed by atoms with Gasteiger partial charge < -0.3 is 5.32 Å². The molecule has 0 bridgehead atoms. The zero-order valence-electron chi connectivity index (χ0n) is 15.8. The maximum atomic E-state index is 4.96. The minimum absolute atomic E-state index is 0.389. The monoisotopic (exact) mass is 352 g/mol.